The molecule has 0 saturated carbocycles. The molecule has 0 spiro atoms. The third-order valence-electron chi connectivity index (χ3n) is 2.84. The van der Waals surface area contributed by atoms with E-state index in [0.29, 0.717) is 11.3 Å². The maximum Gasteiger partial charge on any atom is 0.416 e. The molecule has 8 nitrogen and oxygen atoms in total. The largest absolute Gasteiger partial charge is 0.416 e. The number of carbonyl (C=O) groups excluding carboxylic acids is 2. The molecule has 1 aromatic rings. The summed E-state index contributed by atoms with van der Waals surface area (Å²) in [4.78, 5) is 26.4. The Kier molecular flexibility index (Phi) is 5.14. The van der Waals surface area contributed by atoms with E-state index in [4.69, 9.17) is 0 Å². The molecule has 0 unspecified atom stereocenters. The highest BCUT2D eigenvalue weighted by Gasteiger charge is 2.29. The number of hydrogen-bond acceptors (Lipinski definition) is 4. The van der Waals surface area contributed by atoms with Gasteiger partial charge in [-0.25, -0.2) is 25.0 Å². The van der Waals surface area contributed by atoms with Gasteiger partial charge < -0.3 is 0 Å². The molecule has 0 fully saturated rings. The Morgan fingerprint density at radius 1 is 1.38 bits per heavy atom. The van der Waals surface area contributed by atoms with Crippen LogP contribution in [0.3, 0.4) is 0 Å². The molecule has 0 aromatic heterocycles. The second-order valence-electron chi connectivity index (χ2n) is 4.77. The van der Waals surface area contributed by atoms with Crippen LogP contribution in [-0.2, 0) is 6.18 Å². The van der Waals surface area contributed by atoms with Gasteiger partial charge in [0.25, 0.3) is 0 Å². The summed E-state index contributed by atoms with van der Waals surface area (Å²) >= 11 is 0. The molecule has 3 N–H and O–H groups in total. The van der Waals surface area contributed by atoms with Crippen molar-refractivity contribution >= 4 is 24.0 Å². The smallest absolute Gasteiger partial charge is 0.253 e. The van der Waals surface area contributed by atoms with Crippen LogP contribution in [0.4, 0.5) is 22.8 Å². The van der Waals surface area contributed by atoms with Crippen LogP contribution in [0.1, 0.15) is 18.1 Å². The summed E-state index contributed by atoms with van der Waals surface area (Å²) < 4.78 is 37.3. The zero-order chi connectivity index (χ0) is 17.7. The molecule has 1 heterocycles. The number of rotatable bonds is 3. The van der Waals surface area contributed by atoms with Crippen molar-refractivity contribution in [2.75, 3.05) is 6.54 Å². The Morgan fingerprint density at radius 2 is 2.04 bits per heavy atom. The molecule has 0 atom stereocenters. The summed E-state index contributed by atoms with van der Waals surface area (Å²) in [6, 6.07) is 2.75. The number of nitrogens with one attached hydrogen (secondary N) is 3. The van der Waals surface area contributed by atoms with E-state index in [0.717, 1.165) is 23.4 Å². The summed E-state index contributed by atoms with van der Waals surface area (Å²) in [6.45, 7) is 1.84. The van der Waals surface area contributed by atoms with E-state index >= 15 is 0 Å². The molecule has 0 aliphatic carbocycles. The second-order valence-corrected chi connectivity index (χ2v) is 4.77. The number of nitrogens with zero attached hydrogens (tertiary/aromatic N) is 3. The van der Waals surface area contributed by atoms with E-state index in [1.807, 2.05) is 0 Å². The van der Waals surface area contributed by atoms with Crippen LogP contribution >= 0.6 is 0 Å². The average molecular weight is 342 g/mol. The van der Waals surface area contributed by atoms with E-state index in [1.54, 1.807) is 6.92 Å². The van der Waals surface area contributed by atoms with E-state index in [2.05, 4.69) is 26.5 Å². The number of hydrazine groups is 2. The first-order chi connectivity index (χ1) is 11.3. The standard InChI is InChI=1S/C13H13F3N6O2/c1-8-7-22(12(24)20-18-8)21-19-11(23)17-6-9-2-4-10(5-3-9)13(14,15)16/h2-6,21H,7H2,1H3,(H,19,23)(H,20,24)/b17-6+. The van der Waals surface area contributed by atoms with Gasteiger partial charge in [-0.1, -0.05) is 12.1 Å². The Labute approximate surface area is 134 Å². The van der Waals surface area contributed by atoms with Crippen molar-refractivity contribution in [1.82, 2.24) is 21.4 Å². The van der Waals surface area contributed by atoms with Crippen molar-refractivity contribution < 1.29 is 22.8 Å². The first-order valence-corrected chi connectivity index (χ1v) is 6.63. The number of carbonyl (C=O) groups is 2. The van der Waals surface area contributed by atoms with Crippen LogP contribution in [0, 0.1) is 0 Å². The molecule has 24 heavy (non-hydrogen) atoms. The Bertz CT molecular complexity index is 684. The Balaban J connectivity index is 1.87. The lowest BCUT2D eigenvalue weighted by Gasteiger charge is -2.25. The number of aliphatic imine (C=N–C) groups is 1. The molecular weight excluding hydrogens is 329 g/mol. The molecule has 0 radical (unpaired) electrons. The molecular formula is C13H13F3N6O2. The number of hydrogen-bond donors (Lipinski definition) is 3. The predicted octanol–water partition coefficient (Wildman–Crippen LogP) is 1.65. The lowest BCUT2D eigenvalue weighted by Crippen LogP contribution is -2.57. The van der Waals surface area contributed by atoms with Gasteiger partial charge in [-0.2, -0.15) is 18.3 Å². The van der Waals surface area contributed by atoms with Crippen LogP contribution < -0.4 is 16.4 Å². The van der Waals surface area contributed by atoms with Crippen molar-refractivity contribution in [2.24, 2.45) is 10.1 Å². The van der Waals surface area contributed by atoms with Crippen LogP contribution in [0.5, 0.6) is 0 Å². The fourth-order valence-corrected chi connectivity index (χ4v) is 1.67. The van der Waals surface area contributed by atoms with Gasteiger partial charge in [0, 0.05) is 6.21 Å². The number of urea groups is 2. The molecule has 0 saturated heterocycles. The summed E-state index contributed by atoms with van der Waals surface area (Å²) in [5, 5.41) is 4.76. The summed E-state index contributed by atoms with van der Waals surface area (Å²) in [5.41, 5.74) is 6.85. The number of benzene rings is 1. The van der Waals surface area contributed by atoms with Gasteiger partial charge in [-0.15, -0.1) is 5.53 Å². The van der Waals surface area contributed by atoms with Gasteiger partial charge in [0.2, 0.25) is 0 Å². The van der Waals surface area contributed by atoms with Crippen molar-refractivity contribution in [3.05, 3.63) is 35.4 Å². The van der Waals surface area contributed by atoms with Gasteiger partial charge in [-0.05, 0) is 24.6 Å². The maximum absolute atomic E-state index is 12.4. The van der Waals surface area contributed by atoms with Crippen molar-refractivity contribution in [2.45, 2.75) is 13.1 Å². The number of amides is 4. The van der Waals surface area contributed by atoms with Crippen LogP contribution in [0.2, 0.25) is 0 Å². The van der Waals surface area contributed by atoms with E-state index in [1.165, 1.54) is 12.1 Å². The normalized spacial score (nSPS) is 15.2. The minimum atomic E-state index is -4.42. The number of alkyl halides is 3. The van der Waals surface area contributed by atoms with Crippen LogP contribution in [0.15, 0.2) is 34.4 Å². The topological polar surface area (TPSA) is 98.2 Å². The van der Waals surface area contributed by atoms with Gasteiger partial charge >= 0.3 is 18.2 Å². The van der Waals surface area contributed by atoms with Crippen molar-refractivity contribution in [3.63, 3.8) is 0 Å². The Hall–Kier alpha value is -2.95. The Morgan fingerprint density at radius 3 is 2.67 bits per heavy atom. The average Bonchev–Trinajstić information content (AvgIpc) is 2.53. The summed E-state index contributed by atoms with van der Waals surface area (Å²) in [7, 11) is 0. The quantitative estimate of drug-likeness (QED) is 0.575. The van der Waals surface area contributed by atoms with Gasteiger partial charge in [0.1, 0.15) is 0 Å². The zero-order valence-corrected chi connectivity index (χ0v) is 12.4. The zero-order valence-electron chi connectivity index (χ0n) is 12.4. The predicted molar refractivity (Wildman–Crippen MR) is 79.1 cm³/mol. The molecule has 11 heteroatoms. The summed E-state index contributed by atoms with van der Waals surface area (Å²) in [6.07, 6.45) is -3.33. The van der Waals surface area contributed by atoms with Gasteiger partial charge in [0.15, 0.2) is 0 Å². The maximum atomic E-state index is 12.4. The van der Waals surface area contributed by atoms with Gasteiger partial charge in [-0.3, -0.25) is 5.43 Å². The molecule has 4 amide bonds. The highest BCUT2D eigenvalue weighted by atomic mass is 19.4. The number of halogens is 3. The minimum absolute atomic E-state index is 0.161. The third-order valence-corrected chi connectivity index (χ3v) is 2.84. The van der Waals surface area contributed by atoms with Gasteiger partial charge in [0.05, 0.1) is 17.8 Å². The number of hydrazone groups is 1. The first-order valence-electron chi connectivity index (χ1n) is 6.63. The van der Waals surface area contributed by atoms with Crippen LogP contribution in [0.25, 0.3) is 0 Å². The van der Waals surface area contributed by atoms with E-state index in [-0.39, 0.29) is 6.54 Å². The highest BCUT2D eigenvalue weighted by molar-refractivity contribution is 5.92. The summed E-state index contributed by atoms with van der Waals surface area (Å²) in [5.74, 6) is 0. The molecule has 1 aliphatic heterocycles. The first kappa shape index (κ1) is 17.4. The van der Waals surface area contributed by atoms with E-state index < -0.39 is 23.8 Å². The highest BCUT2D eigenvalue weighted by Crippen LogP contribution is 2.28. The van der Waals surface area contributed by atoms with E-state index in [9.17, 15) is 22.8 Å². The lowest BCUT2D eigenvalue weighted by atomic mass is 10.1. The van der Waals surface area contributed by atoms with Crippen molar-refractivity contribution in [1.29, 1.82) is 0 Å². The molecule has 0 bridgehead atoms. The third kappa shape index (κ3) is 4.78. The fraction of sp³-hybridized carbons (Fsp3) is 0.231. The molecule has 128 valence electrons. The minimum Gasteiger partial charge on any atom is -0.253 e. The second kappa shape index (κ2) is 7.08. The van der Waals surface area contributed by atoms with Crippen LogP contribution in [-0.4, -0.2) is 35.5 Å². The van der Waals surface area contributed by atoms with Crippen molar-refractivity contribution in [3.8, 4) is 0 Å². The lowest BCUT2D eigenvalue weighted by molar-refractivity contribution is -0.137. The molecule has 1 aromatic carbocycles. The monoisotopic (exact) mass is 342 g/mol. The SMILES string of the molecule is CC1=NNC(=O)N(NNC(=O)/N=C/c2ccc(C(F)(F)F)cc2)C1. The molecule has 1 aliphatic rings. The molecule has 2 rings (SSSR count). The fourth-order valence-electron chi connectivity index (χ4n) is 1.67.